The molecule has 6 rings (SSSR count). The molecule has 0 unspecified atom stereocenters. The quantitative estimate of drug-likeness (QED) is 0.342. The molecule has 2 fully saturated rings. The molecule has 0 N–H and O–H groups in total. The van der Waals surface area contributed by atoms with Crippen LogP contribution in [0, 0.1) is 30.1 Å². The lowest BCUT2D eigenvalue weighted by atomic mass is 9.99. The van der Waals surface area contributed by atoms with Crippen LogP contribution >= 0.6 is 0 Å². The molecule has 3 aliphatic heterocycles. The first-order valence-electron chi connectivity index (χ1n) is 16.3. The standard InChI is InChI=1S/C36H43N7O4/c1-25-8-5-9-26-10-6-11-32(34(25)26)41-16-14-30-31(23-41)38-36(47-24-28-20-29(46-4)22-40(28)2)39-35(30)42-17-18-43(27(21-42)13-15-37)33(44)12-7-19-45-3/h5-6,8-11,27-29H,13-14,16-24H2,1-4H3/t27-,28+,29+/m0/s1. The second-order valence-electron chi connectivity index (χ2n) is 12.6. The lowest BCUT2D eigenvalue weighted by Crippen LogP contribution is -2.55. The van der Waals surface area contributed by atoms with Gasteiger partial charge in [0.15, 0.2) is 0 Å². The second-order valence-corrected chi connectivity index (χ2v) is 12.6. The van der Waals surface area contributed by atoms with Crippen molar-refractivity contribution in [2.45, 2.75) is 50.9 Å². The van der Waals surface area contributed by atoms with Crippen molar-refractivity contribution in [3.05, 3.63) is 53.2 Å². The zero-order valence-corrected chi connectivity index (χ0v) is 27.7. The Balaban J connectivity index is 1.31. The van der Waals surface area contributed by atoms with Crippen LogP contribution in [-0.2, 0) is 27.2 Å². The van der Waals surface area contributed by atoms with Gasteiger partial charge in [-0.05, 0) is 49.7 Å². The Kier molecular flexibility index (Phi) is 10.1. The second kappa shape index (κ2) is 14.6. The van der Waals surface area contributed by atoms with E-state index >= 15 is 0 Å². The molecule has 0 bridgehead atoms. The largest absolute Gasteiger partial charge is 0.462 e. The van der Waals surface area contributed by atoms with Crippen molar-refractivity contribution >= 4 is 28.2 Å². The van der Waals surface area contributed by atoms with E-state index in [0.717, 1.165) is 43.0 Å². The van der Waals surface area contributed by atoms with Gasteiger partial charge in [0.05, 0.1) is 36.9 Å². The van der Waals surface area contributed by atoms with E-state index in [1.807, 2.05) is 0 Å². The molecular weight excluding hydrogens is 594 g/mol. The number of anilines is 2. The predicted octanol–water partition coefficient (Wildman–Crippen LogP) is 3.18. The van der Waals surface area contributed by atoms with E-state index in [1.165, 1.54) is 22.0 Å². The number of nitrogens with zero attached hydrogens (tertiary/aromatic N) is 7. The first-order valence-corrected chi connectivity index (χ1v) is 16.3. The fourth-order valence-corrected chi connectivity index (χ4v) is 7.11. The van der Waals surface area contributed by atoms with E-state index in [-0.39, 0.29) is 37.1 Å². The molecule has 1 amide bonds. The molecule has 4 heterocycles. The minimum absolute atomic E-state index is 0.182. The zero-order valence-electron chi connectivity index (χ0n) is 27.7. The normalized spacial score (nSPS) is 21.3. The predicted molar refractivity (Wildman–Crippen MR) is 180 cm³/mol. The smallest absolute Gasteiger partial charge is 0.318 e. The van der Waals surface area contributed by atoms with Gasteiger partial charge in [0.2, 0.25) is 0 Å². The average Bonchev–Trinajstić information content (AvgIpc) is 3.46. The van der Waals surface area contributed by atoms with Crippen LogP contribution in [-0.4, -0.2) is 111 Å². The van der Waals surface area contributed by atoms with Crippen LogP contribution in [0.5, 0.6) is 6.01 Å². The molecule has 11 heteroatoms. The number of likely N-dealkylation sites (tertiary alicyclic amines) is 1. The highest BCUT2D eigenvalue weighted by atomic mass is 16.5. The highest BCUT2D eigenvalue weighted by molar-refractivity contribution is 5.97. The number of ether oxygens (including phenoxy) is 3. The fourth-order valence-electron chi connectivity index (χ4n) is 7.11. The molecule has 0 saturated carbocycles. The zero-order chi connectivity index (χ0) is 32.9. The SMILES string of the molecule is COCC#CC(=O)N1CCN(c2nc(OC[C@H]3C[C@@H](OC)CN3C)nc3c2CCN(c2cccc4cccc(C)c24)C3)C[C@@H]1CC#N. The van der Waals surface area contributed by atoms with Crippen LogP contribution < -0.4 is 14.5 Å². The number of hydrogen-bond donors (Lipinski definition) is 0. The van der Waals surface area contributed by atoms with E-state index in [9.17, 15) is 10.1 Å². The summed E-state index contributed by atoms with van der Waals surface area (Å²) < 4.78 is 16.9. The van der Waals surface area contributed by atoms with Gasteiger partial charge in [-0.25, -0.2) is 0 Å². The van der Waals surface area contributed by atoms with Gasteiger partial charge in [-0.3, -0.25) is 9.69 Å². The van der Waals surface area contributed by atoms with Crippen molar-refractivity contribution in [2.75, 3.05) is 77.0 Å². The number of piperazine rings is 1. The Morgan fingerprint density at radius 2 is 1.87 bits per heavy atom. The Hall–Kier alpha value is -4.42. The average molecular weight is 638 g/mol. The number of nitriles is 1. The summed E-state index contributed by atoms with van der Waals surface area (Å²) in [7, 11) is 5.39. The van der Waals surface area contributed by atoms with Crippen LogP contribution in [0.4, 0.5) is 11.5 Å². The molecule has 2 saturated heterocycles. The Bertz CT molecular complexity index is 1710. The fraction of sp³-hybridized carbons (Fsp3) is 0.500. The van der Waals surface area contributed by atoms with Crippen LogP contribution in [0.25, 0.3) is 10.8 Å². The number of likely N-dealkylation sites (N-methyl/N-ethyl adjacent to an activating group) is 1. The van der Waals surface area contributed by atoms with Crippen molar-refractivity contribution in [1.82, 2.24) is 19.8 Å². The number of benzene rings is 2. The van der Waals surface area contributed by atoms with Crippen molar-refractivity contribution in [3.8, 4) is 23.9 Å². The summed E-state index contributed by atoms with van der Waals surface area (Å²) in [4.78, 5) is 31.6. The third-order valence-electron chi connectivity index (χ3n) is 9.62. The summed E-state index contributed by atoms with van der Waals surface area (Å²) in [6.45, 7) is 6.58. The molecule has 3 aromatic rings. The summed E-state index contributed by atoms with van der Waals surface area (Å²) in [6.07, 6.45) is 2.03. The van der Waals surface area contributed by atoms with E-state index in [1.54, 1.807) is 19.1 Å². The van der Waals surface area contributed by atoms with Crippen molar-refractivity contribution in [2.24, 2.45) is 0 Å². The molecule has 0 radical (unpaired) electrons. The highest BCUT2D eigenvalue weighted by Crippen LogP contribution is 2.36. The van der Waals surface area contributed by atoms with Crippen LogP contribution in [0.1, 0.15) is 29.7 Å². The van der Waals surface area contributed by atoms with Crippen LogP contribution in [0.3, 0.4) is 0 Å². The summed E-state index contributed by atoms with van der Waals surface area (Å²) in [5.74, 6) is 5.96. The molecule has 2 aromatic carbocycles. The van der Waals surface area contributed by atoms with Crippen molar-refractivity contribution in [3.63, 3.8) is 0 Å². The molecule has 0 spiro atoms. The van der Waals surface area contributed by atoms with E-state index in [4.69, 9.17) is 24.2 Å². The van der Waals surface area contributed by atoms with Crippen LogP contribution in [0.15, 0.2) is 36.4 Å². The minimum Gasteiger partial charge on any atom is -0.462 e. The van der Waals surface area contributed by atoms with Gasteiger partial charge >= 0.3 is 6.01 Å². The molecule has 3 aliphatic rings. The summed E-state index contributed by atoms with van der Waals surface area (Å²) >= 11 is 0. The molecule has 47 heavy (non-hydrogen) atoms. The summed E-state index contributed by atoms with van der Waals surface area (Å²) in [6, 6.07) is 15.4. The minimum atomic E-state index is -0.315. The molecule has 1 aromatic heterocycles. The van der Waals surface area contributed by atoms with Gasteiger partial charge in [-0.15, -0.1) is 0 Å². The number of hydrogen-bond acceptors (Lipinski definition) is 10. The van der Waals surface area contributed by atoms with Gasteiger partial charge in [0.1, 0.15) is 19.0 Å². The number of aromatic nitrogens is 2. The molecule has 11 nitrogen and oxygen atoms in total. The topological polar surface area (TPSA) is 107 Å². The van der Waals surface area contributed by atoms with Crippen molar-refractivity contribution < 1.29 is 19.0 Å². The highest BCUT2D eigenvalue weighted by Gasteiger charge is 2.34. The van der Waals surface area contributed by atoms with E-state index in [2.05, 4.69) is 83.0 Å². The number of carbonyl (C=O) groups is 1. The Labute approximate surface area is 277 Å². The summed E-state index contributed by atoms with van der Waals surface area (Å²) in [5.41, 5.74) is 4.48. The van der Waals surface area contributed by atoms with Crippen molar-refractivity contribution in [1.29, 1.82) is 5.26 Å². The summed E-state index contributed by atoms with van der Waals surface area (Å²) in [5, 5.41) is 12.1. The van der Waals surface area contributed by atoms with Gasteiger partial charge in [0, 0.05) is 69.6 Å². The van der Waals surface area contributed by atoms with Gasteiger partial charge in [0.25, 0.3) is 5.91 Å². The number of fused-ring (bicyclic) bond motifs is 2. The third-order valence-corrected chi connectivity index (χ3v) is 9.62. The number of carbonyl (C=O) groups excluding carboxylic acids is 1. The lowest BCUT2D eigenvalue weighted by Gasteiger charge is -2.41. The van der Waals surface area contributed by atoms with Gasteiger partial charge < -0.3 is 28.9 Å². The maximum atomic E-state index is 13.0. The molecule has 0 aliphatic carbocycles. The number of amides is 1. The number of rotatable bonds is 8. The van der Waals surface area contributed by atoms with Crippen LogP contribution in [0.2, 0.25) is 0 Å². The van der Waals surface area contributed by atoms with Gasteiger partial charge in [-0.1, -0.05) is 36.3 Å². The molecule has 3 atom stereocenters. The van der Waals surface area contributed by atoms with E-state index in [0.29, 0.717) is 38.8 Å². The Morgan fingerprint density at radius 3 is 2.64 bits per heavy atom. The monoisotopic (exact) mass is 637 g/mol. The molecular formula is C36H43N7O4. The van der Waals surface area contributed by atoms with Gasteiger partial charge in [-0.2, -0.15) is 15.2 Å². The maximum absolute atomic E-state index is 13.0. The lowest BCUT2D eigenvalue weighted by molar-refractivity contribution is -0.127. The van der Waals surface area contributed by atoms with E-state index < -0.39 is 0 Å². The first kappa shape index (κ1) is 32.5. The Morgan fingerprint density at radius 1 is 1.04 bits per heavy atom. The first-order chi connectivity index (χ1) is 22.9. The number of aryl methyl sites for hydroxylation is 1. The third kappa shape index (κ3) is 6.98. The number of methoxy groups -OCH3 is 2. The maximum Gasteiger partial charge on any atom is 0.318 e. The molecule has 246 valence electrons.